The minimum Gasteiger partial charge on any atom is -0.359 e. The van der Waals surface area contributed by atoms with Crippen molar-refractivity contribution < 1.29 is 4.79 Å². The number of hydrogen-bond acceptors (Lipinski definition) is 3. The Labute approximate surface area is 167 Å². The third kappa shape index (κ3) is 5.89. The van der Waals surface area contributed by atoms with Crippen molar-refractivity contribution in [3.63, 3.8) is 0 Å². The molecule has 1 aromatic rings. The molecule has 0 unspecified atom stereocenters. The Bertz CT molecular complexity index is 637. The molecule has 6 heteroatoms. The second-order valence-electron chi connectivity index (χ2n) is 7.58. The Hall–Kier alpha value is -1.69. The van der Waals surface area contributed by atoms with E-state index in [1.54, 1.807) is 7.05 Å². The van der Waals surface area contributed by atoms with Crippen LogP contribution in [-0.2, 0) is 4.79 Å². The predicted molar refractivity (Wildman–Crippen MR) is 113 cm³/mol. The second kappa shape index (κ2) is 9.49. The maximum atomic E-state index is 11.6. The number of carbonyl (C=O) groups excluding carboxylic acids is 1. The largest absolute Gasteiger partial charge is 0.359 e. The normalized spacial score (nSPS) is 19.6. The van der Waals surface area contributed by atoms with Crippen molar-refractivity contribution in [3.05, 3.63) is 30.3 Å². The van der Waals surface area contributed by atoms with Gasteiger partial charge in [-0.2, -0.15) is 0 Å². The maximum absolute atomic E-state index is 11.6. The zero-order valence-corrected chi connectivity index (χ0v) is 17.4. The van der Waals surface area contributed by atoms with Gasteiger partial charge < -0.3 is 15.5 Å². The van der Waals surface area contributed by atoms with Gasteiger partial charge in [0.15, 0.2) is 5.96 Å². The molecule has 148 valence electrons. The highest BCUT2D eigenvalue weighted by molar-refractivity contribution is 8.01. The van der Waals surface area contributed by atoms with Crippen molar-refractivity contribution in [1.29, 1.82) is 0 Å². The first-order chi connectivity index (χ1) is 13.1. The van der Waals surface area contributed by atoms with Gasteiger partial charge in [0, 0.05) is 42.7 Å². The van der Waals surface area contributed by atoms with E-state index in [0.717, 1.165) is 45.0 Å². The first kappa shape index (κ1) is 20.1. The van der Waals surface area contributed by atoms with Gasteiger partial charge in [-0.1, -0.05) is 18.2 Å². The molecule has 3 rings (SSSR count). The summed E-state index contributed by atoms with van der Waals surface area (Å²) in [5, 5.41) is 6.21. The molecular weight excluding hydrogens is 356 g/mol. The van der Waals surface area contributed by atoms with Gasteiger partial charge in [0.2, 0.25) is 5.91 Å². The standard InChI is InChI=1S/C21H32N4OS/c1-3-23-20(25-13-9-17(10-14-25)15-19(26)22-2)24-16-21(11-12-21)27-18-7-5-4-6-8-18/h4-8,17H,3,9-16H2,1-2H3,(H,22,26)(H,23,24). The monoisotopic (exact) mass is 388 g/mol. The van der Waals surface area contributed by atoms with Crippen LogP contribution in [0.1, 0.15) is 39.0 Å². The SMILES string of the molecule is CCNC(=NCC1(Sc2ccccc2)CC1)N1CCC(CC(=O)NC)CC1. The van der Waals surface area contributed by atoms with Crippen molar-refractivity contribution in [2.75, 3.05) is 33.2 Å². The molecule has 0 bridgehead atoms. The molecule has 1 amide bonds. The number of rotatable bonds is 7. The first-order valence-electron chi connectivity index (χ1n) is 10.1. The Kier molecular flexibility index (Phi) is 7.05. The number of hydrogen-bond donors (Lipinski definition) is 2. The summed E-state index contributed by atoms with van der Waals surface area (Å²) in [5.41, 5.74) is 0. The summed E-state index contributed by atoms with van der Waals surface area (Å²) in [7, 11) is 1.72. The molecule has 1 aliphatic carbocycles. The highest BCUT2D eigenvalue weighted by Crippen LogP contribution is 2.51. The fourth-order valence-corrected chi connectivity index (χ4v) is 4.76. The van der Waals surface area contributed by atoms with Gasteiger partial charge >= 0.3 is 0 Å². The van der Waals surface area contributed by atoms with Crippen LogP contribution >= 0.6 is 11.8 Å². The number of nitrogens with one attached hydrogen (secondary N) is 2. The van der Waals surface area contributed by atoms with Crippen molar-refractivity contribution in [2.45, 2.75) is 48.7 Å². The highest BCUT2D eigenvalue weighted by Gasteiger charge is 2.43. The molecule has 0 radical (unpaired) electrons. The molecule has 0 spiro atoms. The summed E-state index contributed by atoms with van der Waals surface area (Å²) < 4.78 is 0.277. The lowest BCUT2D eigenvalue weighted by Gasteiger charge is -2.34. The van der Waals surface area contributed by atoms with Crippen LogP contribution in [0.25, 0.3) is 0 Å². The van der Waals surface area contributed by atoms with E-state index in [1.165, 1.54) is 17.7 Å². The quantitative estimate of drug-likeness (QED) is 0.557. The maximum Gasteiger partial charge on any atom is 0.220 e. The Morgan fingerprint density at radius 3 is 2.56 bits per heavy atom. The van der Waals surface area contributed by atoms with Crippen LogP contribution in [0.4, 0.5) is 0 Å². The third-order valence-corrected chi connectivity index (χ3v) is 6.88. The third-order valence-electron chi connectivity index (χ3n) is 5.40. The number of likely N-dealkylation sites (tertiary alicyclic amines) is 1. The second-order valence-corrected chi connectivity index (χ2v) is 9.12. The summed E-state index contributed by atoms with van der Waals surface area (Å²) in [5.74, 6) is 1.69. The summed E-state index contributed by atoms with van der Waals surface area (Å²) in [6.45, 7) is 5.83. The van der Waals surface area contributed by atoms with Crippen LogP contribution in [-0.4, -0.2) is 54.7 Å². The van der Waals surface area contributed by atoms with E-state index in [1.807, 2.05) is 11.8 Å². The minimum atomic E-state index is 0.155. The van der Waals surface area contributed by atoms with Gasteiger partial charge in [-0.25, -0.2) is 0 Å². The summed E-state index contributed by atoms with van der Waals surface area (Å²) in [6.07, 6.45) is 5.24. The average molecular weight is 389 g/mol. The lowest BCUT2D eigenvalue weighted by molar-refractivity contribution is -0.121. The number of amides is 1. The van der Waals surface area contributed by atoms with Gasteiger partial charge in [-0.3, -0.25) is 9.79 Å². The molecule has 1 saturated carbocycles. The Morgan fingerprint density at radius 1 is 1.26 bits per heavy atom. The highest BCUT2D eigenvalue weighted by atomic mass is 32.2. The Morgan fingerprint density at radius 2 is 1.96 bits per heavy atom. The smallest absolute Gasteiger partial charge is 0.220 e. The van der Waals surface area contributed by atoms with Crippen LogP contribution in [0, 0.1) is 5.92 Å². The molecule has 2 N–H and O–H groups in total. The van der Waals surface area contributed by atoms with E-state index in [9.17, 15) is 4.79 Å². The van der Waals surface area contributed by atoms with Gasteiger partial charge in [-0.05, 0) is 50.7 Å². The van der Waals surface area contributed by atoms with Crippen LogP contribution in [0.15, 0.2) is 40.2 Å². The molecule has 1 heterocycles. The summed E-state index contributed by atoms with van der Waals surface area (Å²) >= 11 is 1.98. The first-order valence-corrected chi connectivity index (χ1v) is 10.9. The topological polar surface area (TPSA) is 56.7 Å². The Balaban J connectivity index is 1.55. The van der Waals surface area contributed by atoms with Crippen molar-refractivity contribution in [3.8, 4) is 0 Å². The molecule has 5 nitrogen and oxygen atoms in total. The van der Waals surface area contributed by atoms with E-state index in [4.69, 9.17) is 4.99 Å². The number of thioether (sulfide) groups is 1. The number of guanidine groups is 1. The van der Waals surface area contributed by atoms with Crippen molar-refractivity contribution in [2.24, 2.45) is 10.9 Å². The van der Waals surface area contributed by atoms with E-state index in [0.29, 0.717) is 12.3 Å². The lowest BCUT2D eigenvalue weighted by Crippen LogP contribution is -2.46. The molecule has 27 heavy (non-hydrogen) atoms. The van der Waals surface area contributed by atoms with Crippen LogP contribution in [0.2, 0.25) is 0 Å². The molecule has 0 aromatic heterocycles. The lowest BCUT2D eigenvalue weighted by atomic mass is 9.93. The molecule has 0 atom stereocenters. The minimum absolute atomic E-state index is 0.155. The van der Waals surface area contributed by atoms with Crippen LogP contribution in [0.3, 0.4) is 0 Å². The van der Waals surface area contributed by atoms with E-state index < -0.39 is 0 Å². The summed E-state index contributed by atoms with van der Waals surface area (Å²) in [4.78, 5) is 20.3. The number of nitrogens with zero attached hydrogens (tertiary/aromatic N) is 2. The van der Waals surface area contributed by atoms with E-state index >= 15 is 0 Å². The van der Waals surface area contributed by atoms with Gasteiger partial charge in [0.25, 0.3) is 0 Å². The fraction of sp³-hybridized carbons (Fsp3) is 0.619. The van der Waals surface area contributed by atoms with E-state index in [-0.39, 0.29) is 10.7 Å². The number of aliphatic imine (C=N–C) groups is 1. The van der Waals surface area contributed by atoms with Gasteiger partial charge in [0.1, 0.15) is 0 Å². The zero-order chi connectivity index (χ0) is 19.1. The number of piperidine rings is 1. The molecule has 1 aromatic carbocycles. The molecule has 2 fully saturated rings. The van der Waals surface area contributed by atoms with Crippen LogP contribution < -0.4 is 10.6 Å². The molecule has 2 aliphatic rings. The number of carbonyl (C=O) groups is 1. The van der Waals surface area contributed by atoms with Crippen molar-refractivity contribution in [1.82, 2.24) is 15.5 Å². The van der Waals surface area contributed by atoms with Gasteiger partial charge in [0.05, 0.1) is 6.54 Å². The number of benzene rings is 1. The molecule has 1 saturated heterocycles. The molecular formula is C21H32N4OS. The average Bonchev–Trinajstić information content (AvgIpc) is 3.46. The van der Waals surface area contributed by atoms with Gasteiger partial charge in [-0.15, -0.1) is 11.8 Å². The predicted octanol–water partition coefficient (Wildman–Crippen LogP) is 3.12. The van der Waals surface area contributed by atoms with Crippen molar-refractivity contribution >= 4 is 23.6 Å². The van der Waals surface area contributed by atoms with E-state index in [2.05, 4.69) is 52.8 Å². The molecule has 1 aliphatic heterocycles. The van der Waals surface area contributed by atoms with Crippen LogP contribution in [0.5, 0.6) is 0 Å². The zero-order valence-electron chi connectivity index (χ0n) is 16.5. The summed E-state index contributed by atoms with van der Waals surface area (Å²) in [6, 6.07) is 10.7. The fourth-order valence-electron chi connectivity index (χ4n) is 3.53.